The molecule has 2 aromatic carbocycles. The number of benzene rings is 2. The fraction of sp³-hybridized carbons (Fsp3) is 0.222. The van der Waals surface area contributed by atoms with Crippen molar-refractivity contribution < 1.29 is 4.74 Å². The molecule has 0 atom stereocenters. The van der Waals surface area contributed by atoms with Crippen LogP contribution in [0.15, 0.2) is 58.5 Å². The summed E-state index contributed by atoms with van der Waals surface area (Å²) in [5.41, 5.74) is 1.81. The number of para-hydroxylation sites is 2. The average molecular weight is 326 g/mol. The number of hydrogen-bond donors (Lipinski definition) is 0. The Morgan fingerprint density at radius 3 is 2.70 bits per heavy atom. The van der Waals surface area contributed by atoms with Crippen molar-refractivity contribution >= 4 is 22.7 Å². The van der Waals surface area contributed by atoms with Crippen LogP contribution in [0.1, 0.15) is 12.5 Å². The standard InChI is InChI=1S/C18H18N2O2S/c1-3-22-16-11-7-4-8-13(16)12-23-18-19-15-10-6-5-9-14(15)17(21)20(18)2/h4-11H,3,12H2,1-2H3. The first-order chi connectivity index (χ1) is 11.2. The second kappa shape index (κ2) is 6.87. The van der Waals surface area contributed by atoms with E-state index in [1.54, 1.807) is 23.4 Å². The third kappa shape index (κ3) is 3.24. The summed E-state index contributed by atoms with van der Waals surface area (Å²) in [6.07, 6.45) is 0. The third-order valence-corrected chi connectivity index (χ3v) is 4.65. The van der Waals surface area contributed by atoms with Crippen molar-refractivity contribution in [3.05, 3.63) is 64.4 Å². The van der Waals surface area contributed by atoms with Crippen molar-refractivity contribution in [1.29, 1.82) is 0 Å². The van der Waals surface area contributed by atoms with Gasteiger partial charge in [0.15, 0.2) is 5.16 Å². The number of nitrogens with zero attached hydrogens (tertiary/aromatic N) is 2. The van der Waals surface area contributed by atoms with E-state index in [-0.39, 0.29) is 5.56 Å². The van der Waals surface area contributed by atoms with Gasteiger partial charge in [-0.25, -0.2) is 4.98 Å². The van der Waals surface area contributed by atoms with Gasteiger partial charge in [-0.1, -0.05) is 42.1 Å². The molecule has 0 saturated heterocycles. The van der Waals surface area contributed by atoms with E-state index in [0.717, 1.165) is 16.8 Å². The molecule has 118 valence electrons. The molecule has 0 unspecified atom stereocenters. The largest absolute Gasteiger partial charge is 0.494 e. The van der Waals surface area contributed by atoms with Crippen molar-refractivity contribution in [1.82, 2.24) is 9.55 Å². The molecule has 0 aliphatic heterocycles. The van der Waals surface area contributed by atoms with Crippen LogP contribution in [-0.4, -0.2) is 16.2 Å². The smallest absolute Gasteiger partial charge is 0.261 e. The van der Waals surface area contributed by atoms with Gasteiger partial charge in [-0.2, -0.15) is 0 Å². The van der Waals surface area contributed by atoms with Crippen molar-refractivity contribution in [2.75, 3.05) is 6.61 Å². The lowest BCUT2D eigenvalue weighted by atomic mass is 10.2. The lowest BCUT2D eigenvalue weighted by molar-refractivity contribution is 0.337. The van der Waals surface area contributed by atoms with Gasteiger partial charge >= 0.3 is 0 Å². The van der Waals surface area contributed by atoms with Gasteiger partial charge in [0.2, 0.25) is 0 Å². The molecule has 0 aliphatic rings. The van der Waals surface area contributed by atoms with Crippen molar-refractivity contribution in [3.8, 4) is 5.75 Å². The molecule has 1 heterocycles. The van der Waals surface area contributed by atoms with E-state index >= 15 is 0 Å². The summed E-state index contributed by atoms with van der Waals surface area (Å²) in [5, 5.41) is 1.36. The molecule has 5 heteroatoms. The van der Waals surface area contributed by atoms with E-state index in [4.69, 9.17) is 4.74 Å². The van der Waals surface area contributed by atoms with Crippen molar-refractivity contribution in [3.63, 3.8) is 0 Å². The quantitative estimate of drug-likeness (QED) is 0.530. The summed E-state index contributed by atoms with van der Waals surface area (Å²) in [4.78, 5) is 17.0. The van der Waals surface area contributed by atoms with E-state index in [1.165, 1.54) is 0 Å². The first-order valence-corrected chi connectivity index (χ1v) is 8.48. The minimum Gasteiger partial charge on any atom is -0.494 e. The highest BCUT2D eigenvalue weighted by atomic mass is 32.2. The second-order valence-electron chi connectivity index (χ2n) is 5.11. The number of hydrogen-bond acceptors (Lipinski definition) is 4. The highest BCUT2D eigenvalue weighted by Crippen LogP contribution is 2.27. The minimum absolute atomic E-state index is 0.0174. The van der Waals surface area contributed by atoms with Gasteiger partial charge < -0.3 is 4.74 Å². The van der Waals surface area contributed by atoms with Crippen LogP contribution in [0.3, 0.4) is 0 Å². The highest BCUT2D eigenvalue weighted by Gasteiger charge is 2.10. The molecular weight excluding hydrogens is 308 g/mol. The summed E-state index contributed by atoms with van der Waals surface area (Å²) in [6.45, 7) is 2.60. The molecule has 0 fully saturated rings. The van der Waals surface area contributed by atoms with Crippen LogP contribution in [0, 0.1) is 0 Å². The Morgan fingerprint density at radius 2 is 1.87 bits per heavy atom. The third-order valence-electron chi connectivity index (χ3n) is 3.57. The van der Waals surface area contributed by atoms with Gasteiger partial charge in [0, 0.05) is 18.4 Å². The summed E-state index contributed by atoms with van der Waals surface area (Å²) in [5.74, 6) is 1.59. The van der Waals surface area contributed by atoms with Crippen LogP contribution in [0.5, 0.6) is 5.75 Å². The molecule has 23 heavy (non-hydrogen) atoms. The van der Waals surface area contributed by atoms with E-state index in [1.807, 2.05) is 55.5 Å². The first-order valence-electron chi connectivity index (χ1n) is 7.50. The van der Waals surface area contributed by atoms with Crippen LogP contribution in [0.2, 0.25) is 0 Å². The Morgan fingerprint density at radius 1 is 1.13 bits per heavy atom. The molecule has 0 spiro atoms. The van der Waals surface area contributed by atoms with Crippen LogP contribution < -0.4 is 10.3 Å². The lowest BCUT2D eigenvalue weighted by Gasteiger charge is -2.11. The van der Waals surface area contributed by atoms with E-state index < -0.39 is 0 Å². The Labute approximate surface area is 139 Å². The van der Waals surface area contributed by atoms with E-state index in [2.05, 4.69) is 4.98 Å². The Bertz CT molecular complexity index is 890. The molecule has 0 N–H and O–H groups in total. The van der Waals surface area contributed by atoms with Gasteiger partial charge in [-0.05, 0) is 25.1 Å². The number of aromatic nitrogens is 2. The maximum atomic E-state index is 12.4. The normalized spacial score (nSPS) is 10.9. The zero-order valence-electron chi connectivity index (χ0n) is 13.2. The summed E-state index contributed by atoms with van der Waals surface area (Å²) >= 11 is 1.54. The maximum Gasteiger partial charge on any atom is 0.261 e. The van der Waals surface area contributed by atoms with Crippen LogP contribution in [0.4, 0.5) is 0 Å². The molecule has 0 amide bonds. The Hall–Kier alpha value is -2.27. The monoisotopic (exact) mass is 326 g/mol. The van der Waals surface area contributed by atoms with Crippen LogP contribution in [0.25, 0.3) is 10.9 Å². The molecular formula is C18H18N2O2S. The fourth-order valence-corrected chi connectivity index (χ4v) is 3.35. The second-order valence-corrected chi connectivity index (χ2v) is 6.05. The lowest BCUT2D eigenvalue weighted by Crippen LogP contribution is -2.19. The molecule has 0 aliphatic carbocycles. The highest BCUT2D eigenvalue weighted by molar-refractivity contribution is 7.98. The molecule has 1 aromatic heterocycles. The van der Waals surface area contributed by atoms with Gasteiger partial charge in [-0.15, -0.1) is 0 Å². The van der Waals surface area contributed by atoms with Gasteiger partial charge in [-0.3, -0.25) is 9.36 Å². The Balaban J connectivity index is 1.91. The first kappa shape index (κ1) is 15.6. The predicted octanol–water partition coefficient (Wildman–Crippen LogP) is 3.62. The number of ether oxygens (including phenoxy) is 1. The SMILES string of the molecule is CCOc1ccccc1CSc1nc2ccccc2c(=O)n1C. The topological polar surface area (TPSA) is 44.1 Å². The van der Waals surface area contributed by atoms with Crippen LogP contribution >= 0.6 is 11.8 Å². The molecule has 4 nitrogen and oxygen atoms in total. The van der Waals surface area contributed by atoms with Crippen molar-refractivity contribution in [2.45, 2.75) is 17.8 Å². The maximum absolute atomic E-state index is 12.4. The number of fused-ring (bicyclic) bond motifs is 1. The van der Waals surface area contributed by atoms with Gasteiger partial charge in [0.1, 0.15) is 5.75 Å². The molecule has 3 rings (SSSR count). The Kier molecular flexibility index (Phi) is 4.67. The number of rotatable bonds is 5. The van der Waals surface area contributed by atoms with Crippen molar-refractivity contribution in [2.24, 2.45) is 7.05 Å². The molecule has 0 saturated carbocycles. The molecule has 0 radical (unpaired) electrons. The zero-order chi connectivity index (χ0) is 16.2. The van der Waals surface area contributed by atoms with Gasteiger partial charge in [0.25, 0.3) is 5.56 Å². The van der Waals surface area contributed by atoms with Crippen LogP contribution in [-0.2, 0) is 12.8 Å². The minimum atomic E-state index is -0.0174. The number of thioether (sulfide) groups is 1. The summed E-state index contributed by atoms with van der Waals surface area (Å²) < 4.78 is 7.25. The summed E-state index contributed by atoms with van der Waals surface area (Å²) in [6, 6.07) is 15.4. The summed E-state index contributed by atoms with van der Waals surface area (Å²) in [7, 11) is 1.76. The molecule has 0 bridgehead atoms. The molecule has 3 aromatic rings. The van der Waals surface area contributed by atoms with Gasteiger partial charge in [0.05, 0.1) is 17.5 Å². The predicted molar refractivity (Wildman–Crippen MR) is 94.2 cm³/mol. The zero-order valence-corrected chi connectivity index (χ0v) is 14.0. The fourth-order valence-electron chi connectivity index (χ4n) is 2.39. The van der Waals surface area contributed by atoms with E-state index in [9.17, 15) is 4.79 Å². The van der Waals surface area contributed by atoms with E-state index in [0.29, 0.717) is 22.9 Å². The average Bonchev–Trinajstić information content (AvgIpc) is 2.58.